The second-order valence-corrected chi connectivity index (χ2v) is 10.9. The number of furan rings is 2. The van der Waals surface area contributed by atoms with Gasteiger partial charge in [-0.25, -0.2) is 0 Å². The van der Waals surface area contributed by atoms with E-state index in [0.29, 0.717) is 0 Å². The highest BCUT2D eigenvalue weighted by molar-refractivity contribution is 6.19. The highest BCUT2D eigenvalue weighted by atomic mass is 16.3. The number of hydrogen-bond acceptors (Lipinski definition) is 3. The van der Waals surface area contributed by atoms with Gasteiger partial charge in [-0.2, -0.15) is 0 Å². The quantitative estimate of drug-likeness (QED) is 0.218. The summed E-state index contributed by atoms with van der Waals surface area (Å²) in [5.74, 6) is 0. The van der Waals surface area contributed by atoms with Crippen LogP contribution in [0, 0.1) is 0 Å². The molecule has 0 amide bonds. The number of anilines is 3. The van der Waals surface area contributed by atoms with Gasteiger partial charge in [0.2, 0.25) is 0 Å². The Kier molecular flexibility index (Phi) is 5.20. The summed E-state index contributed by atoms with van der Waals surface area (Å²) in [6, 6.07) is 53.1. The number of hydrogen-bond donors (Lipinski definition) is 0. The monoisotopic (exact) mass is 551 g/mol. The zero-order chi connectivity index (χ0) is 28.3. The van der Waals surface area contributed by atoms with Gasteiger partial charge in [-0.3, -0.25) is 0 Å². The van der Waals surface area contributed by atoms with E-state index in [1.807, 2.05) is 12.1 Å². The molecule has 0 N–H and O–H groups in total. The molecule has 0 bridgehead atoms. The first-order chi connectivity index (χ1) is 21.3. The lowest BCUT2D eigenvalue weighted by atomic mass is 10.0. The Morgan fingerprint density at radius 1 is 0.395 bits per heavy atom. The molecule has 9 aromatic rings. The minimum Gasteiger partial charge on any atom is -0.456 e. The van der Waals surface area contributed by atoms with Crippen molar-refractivity contribution in [2.24, 2.45) is 0 Å². The van der Waals surface area contributed by atoms with Gasteiger partial charge in [0.25, 0.3) is 0 Å². The number of benzene rings is 7. The topological polar surface area (TPSA) is 29.5 Å². The standard InChI is InChI=1S/C40H25NO2/c1-2-10-29(11-3-1)41(35-14-8-16-37-39(35)34-24-19-27-9-4-5-12-31(27)40(34)43-37)30-21-17-26(18-22-30)28-20-23-33-32-13-6-7-15-36(32)42-38(33)25-28/h1-25H. The van der Waals surface area contributed by atoms with Crippen LogP contribution in [-0.2, 0) is 0 Å². The minimum absolute atomic E-state index is 0.876. The smallest absolute Gasteiger partial charge is 0.143 e. The number of para-hydroxylation sites is 2. The fourth-order valence-electron chi connectivity index (χ4n) is 6.43. The van der Waals surface area contributed by atoms with Crippen LogP contribution in [0.1, 0.15) is 0 Å². The molecule has 0 aliphatic carbocycles. The maximum absolute atomic E-state index is 6.53. The van der Waals surface area contributed by atoms with E-state index in [1.54, 1.807) is 0 Å². The van der Waals surface area contributed by atoms with Crippen molar-refractivity contribution in [2.75, 3.05) is 4.90 Å². The normalized spacial score (nSPS) is 11.7. The van der Waals surface area contributed by atoms with Crippen LogP contribution in [0.2, 0.25) is 0 Å². The third-order valence-corrected chi connectivity index (χ3v) is 8.46. The summed E-state index contributed by atoms with van der Waals surface area (Å²) in [6.07, 6.45) is 0. The van der Waals surface area contributed by atoms with Crippen molar-refractivity contribution in [3.8, 4) is 11.1 Å². The zero-order valence-corrected chi connectivity index (χ0v) is 23.2. The van der Waals surface area contributed by atoms with E-state index in [1.165, 1.54) is 5.39 Å². The summed E-state index contributed by atoms with van der Waals surface area (Å²) in [4.78, 5) is 2.32. The van der Waals surface area contributed by atoms with Crippen LogP contribution in [0.5, 0.6) is 0 Å². The van der Waals surface area contributed by atoms with Crippen LogP contribution in [0.4, 0.5) is 17.1 Å². The second-order valence-electron chi connectivity index (χ2n) is 10.9. The summed E-state index contributed by atoms with van der Waals surface area (Å²) in [5, 5.41) is 6.80. The van der Waals surface area contributed by atoms with E-state index in [9.17, 15) is 0 Å². The van der Waals surface area contributed by atoms with Crippen LogP contribution in [0.3, 0.4) is 0 Å². The molecule has 0 aliphatic rings. The van der Waals surface area contributed by atoms with Crippen molar-refractivity contribution in [2.45, 2.75) is 0 Å². The number of nitrogens with zero attached hydrogens (tertiary/aromatic N) is 1. The average Bonchev–Trinajstić information content (AvgIpc) is 3.64. The molecule has 0 aliphatic heterocycles. The summed E-state index contributed by atoms with van der Waals surface area (Å²) < 4.78 is 12.7. The van der Waals surface area contributed by atoms with E-state index in [-0.39, 0.29) is 0 Å². The van der Waals surface area contributed by atoms with Crippen LogP contribution in [0.15, 0.2) is 160 Å². The number of fused-ring (bicyclic) bond motifs is 8. The maximum atomic E-state index is 6.53. The van der Waals surface area contributed by atoms with Gasteiger partial charge in [0.15, 0.2) is 0 Å². The van der Waals surface area contributed by atoms with Crippen LogP contribution >= 0.6 is 0 Å². The van der Waals surface area contributed by atoms with Gasteiger partial charge in [0.1, 0.15) is 22.3 Å². The van der Waals surface area contributed by atoms with Crippen molar-refractivity contribution in [1.82, 2.24) is 0 Å². The minimum atomic E-state index is 0.876. The molecule has 202 valence electrons. The molecular formula is C40H25NO2. The Morgan fingerprint density at radius 2 is 1.07 bits per heavy atom. The molecule has 0 spiro atoms. The lowest BCUT2D eigenvalue weighted by molar-refractivity contribution is 0.669. The molecule has 0 fully saturated rings. The molecule has 0 radical (unpaired) electrons. The molecule has 3 heteroatoms. The molecule has 3 nitrogen and oxygen atoms in total. The van der Waals surface area contributed by atoms with Crippen LogP contribution < -0.4 is 4.90 Å². The Hall–Kier alpha value is -5.80. The fourth-order valence-corrected chi connectivity index (χ4v) is 6.43. The maximum Gasteiger partial charge on any atom is 0.143 e. The molecule has 0 atom stereocenters. The molecule has 7 aromatic carbocycles. The van der Waals surface area contributed by atoms with Gasteiger partial charge in [-0.15, -0.1) is 0 Å². The first kappa shape index (κ1) is 23.9. The van der Waals surface area contributed by atoms with Gasteiger partial charge in [-0.05, 0) is 77.2 Å². The summed E-state index contributed by atoms with van der Waals surface area (Å²) >= 11 is 0. The SMILES string of the molecule is c1ccc(N(c2ccc(-c3ccc4c(c3)oc3ccccc34)cc2)c2cccc3oc4c5ccccc5ccc4c23)cc1. The van der Waals surface area contributed by atoms with Gasteiger partial charge in [0, 0.05) is 32.9 Å². The van der Waals surface area contributed by atoms with E-state index >= 15 is 0 Å². The average molecular weight is 552 g/mol. The molecule has 43 heavy (non-hydrogen) atoms. The van der Waals surface area contributed by atoms with Crippen molar-refractivity contribution >= 4 is 71.7 Å². The molecule has 9 rings (SSSR count). The second kappa shape index (κ2) is 9.37. The lowest BCUT2D eigenvalue weighted by Crippen LogP contribution is -2.10. The summed E-state index contributed by atoms with van der Waals surface area (Å²) in [5.41, 5.74) is 9.11. The molecular weight excluding hydrogens is 526 g/mol. The Morgan fingerprint density at radius 3 is 1.95 bits per heavy atom. The Balaban J connectivity index is 1.20. The summed E-state index contributed by atoms with van der Waals surface area (Å²) in [7, 11) is 0. The first-order valence-electron chi connectivity index (χ1n) is 14.5. The molecule has 0 unspecified atom stereocenters. The van der Waals surface area contributed by atoms with Gasteiger partial charge in [0.05, 0.1) is 11.1 Å². The molecule has 2 heterocycles. The van der Waals surface area contributed by atoms with E-state index in [0.717, 1.165) is 77.5 Å². The van der Waals surface area contributed by atoms with E-state index < -0.39 is 0 Å². The zero-order valence-electron chi connectivity index (χ0n) is 23.2. The summed E-state index contributed by atoms with van der Waals surface area (Å²) in [6.45, 7) is 0. The molecule has 2 aromatic heterocycles. The van der Waals surface area contributed by atoms with Gasteiger partial charge >= 0.3 is 0 Å². The number of rotatable bonds is 4. The van der Waals surface area contributed by atoms with Gasteiger partial charge in [-0.1, -0.05) is 91.0 Å². The predicted octanol–water partition coefficient (Wildman–Crippen LogP) is 11.8. The largest absolute Gasteiger partial charge is 0.456 e. The molecule has 0 saturated heterocycles. The highest BCUT2D eigenvalue weighted by Crippen LogP contribution is 2.44. The van der Waals surface area contributed by atoms with Crippen molar-refractivity contribution in [1.29, 1.82) is 0 Å². The third-order valence-electron chi connectivity index (χ3n) is 8.46. The predicted molar refractivity (Wildman–Crippen MR) is 179 cm³/mol. The Labute approximate surface area is 247 Å². The highest BCUT2D eigenvalue weighted by Gasteiger charge is 2.20. The van der Waals surface area contributed by atoms with Crippen molar-refractivity contribution < 1.29 is 8.83 Å². The third kappa shape index (κ3) is 3.75. The lowest BCUT2D eigenvalue weighted by Gasteiger charge is -2.26. The van der Waals surface area contributed by atoms with E-state index in [2.05, 4.69) is 144 Å². The fraction of sp³-hybridized carbons (Fsp3) is 0. The van der Waals surface area contributed by atoms with E-state index in [4.69, 9.17) is 8.83 Å². The van der Waals surface area contributed by atoms with Gasteiger partial charge < -0.3 is 13.7 Å². The Bertz CT molecular complexity index is 2450. The molecule has 0 saturated carbocycles. The van der Waals surface area contributed by atoms with Crippen molar-refractivity contribution in [3.05, 3.63) is 152 Å². The van der Waals surface area contributed by atoms with Crippen LogP contribution in [0.25, 0.3) is 65.8 Å². The van der Waals surface area contributed by atoms with Crippen LogP contribution in [-0.4, -0.2) is 0 Å². The van der Waals surface area contributed by atoms with Crippen molar-refractivity contribution in [3.63, 3.8) is 0 Å². The first-order valence-corrected chi connectivity index (χ1v) is 14.5.